The van der Waals surface area contributed by atoms with E-state index in [0.717, 1.165) is 6.42 Å². The van der Waals surface area contributed by atoms with Crippen LogP contribution in [-0.4, -0.2) is 0 Å². The monoisotopic (exact) mass is 470 g/mol. The second-order valence-corrected chi connectivity index (χ2v) is 12.1. The van der Waals surface area contributed by atoms with Crippen molar-refractivity contribution in [3.8, 4) is 22.3 Å². The minimum Gasteiger partial charge on any atom is -0.0683 e. The van der Waals surface area contributed by atoms with E-state index in [2.05, 4.69) is 114 Å². The minimum absolute atomic E-state index is 0.0672. The van der Waals surface area contributed by atoms with Crippen molar-refractivity contribution in [2.75, 3.05) is 0 Å². The molecule has 3 aliphatic rings. The lowest BCUT2D eigenvalue weighted by molar-refractivity contribution is 0.580. The first kappa shape index (κ1) is 23.3. The number of hydrogen-bond donors (Lipinski definition) is 0. The maximum Gasteiger partial charge on any atom is 0.0728 e. The fraction of sp³-hybridized carbons (Fsp3) is 0.333. The van der Waals surface area contributed by atoms with E-state index in [1.807, 2.05) is 13.8 Å². The summed E-state index contributed by atoms with van der Waals surface area (Å²) in [6, 6.07) is 28.8. The Hall–Kier alpha value is -3.12. The highest BCUT2D eigenvalue weighted by Crippen LogP contribution is 2.66. The summed E-state index contributed by atoms with van der Waals surface area (Å²) in [6.07, 6.45) is 1.06. The van der Waals surface area contributed by atoms with Gasteiger partial charge in [0.1, 0.15) is 0 Å². The Bertz CT molecular complexity index is 1540. The van der Waals surface area contributed by atoms with E-state index >= 15 is 0 Å². The first-order valence-corrected chi connectivity index (χ1v) is 13.8. The number of hydrogen-bond acceptors (Lipinski definition) is 0. The van der Waals surface area contributed by atoms with Crippen LogP contribution in [0.25, 0.3) is 22.3 Å². The Kier molecular flexibility index (Phi) is 4.82. The lowest BCUT2D eigenvalue weighted by Crippen LogP contribution is -2.29. The third-order valence-electron chi connectivity index (χ3n) is 9.01. The van der Waals surface area contributed by atoms with E-state index in [1.54, 1.807) is 0 Å². The smallest absolute Gasteiger partial charge is 0.0683 e. The molecule has 1 atom stereocenters. The second kappa shape index (κ2) is 7.45. The van der Waals surface area contributed by atoms with Gasteiger partial charge in [-0.2, -0.15) is 0 Å². The van der Waals surface area contributed by atoms with Gasteiger partial charge < -0.3 is 0 Å². The summed E-state index contributed by atoms with van der Waals surface area (Å²) in [6.45, 7) is 18.2. The van der Waals surface area contributed by atoms with Gasteiger partial charge in [-0.05, 0) is 78.6 Å². The largest absolute Gasteiger partial charge is 0.0728 e. The third kappa shape index (κ3) is 2.66. The van der Waals surface area contributed by atoms with Crippen molar-refractivity contribution in [1.29, 1.82) is 0 Å². The first-order chi connectivity index (χ1) is 17.2. The highest BCUT2D eigenvalue weighted by molar-refractivity contribution is 5.97. The van der Waals surface area contributed by atoms with Crippen molar-refractivity contribution in [3.05, 3.63) is 117 Å². The molecule has 0 saturated heterocycles. The molecule has 0 amide bonds. The SMILES string of the molecule is CC.CCc1ccc2c(c1)C13c4ccccc4-c4ccc(cc41)C(C)(C)c1cc(C(C)(C)C)cc-2c13. The molecule has 0 heteroatoms. The van der Waals surface area contributed by atoms with Crippen molar-refractivity contribution in [2.45, 2.75) is 78.1 Å². The Morgan fingerprint density at radius 3 is 2.00 bits per heavy atom. The average Bonchev–Trinajstić information content (AvgIpc) is 3.32. The molecule has 0 radical (unpaired) electrons. The van der Waals surface area contributed by atoms with Gasteiger partial charge in [-0.3, -0.25) is 0 Å². The molecule has 4 aromatic carbocycles. The molecule has 0 aromatic heterocycles. The van der Waals surface area contributed by atoms with Crippen LogP contribution in [0, 0.1) is 0 Å². The van der Waals surface area contributed by atoms with Crippen LogP contribution in [0.2, 0.25) is 0 Å². The molecule has 0 heterocycles. The molecule has 2 bridgehead atoms. The number of aryl methyl sites for hydroxylation is 1. The molecule has 7 rings (SSSR count). The van der Waals surface area contributed by atoms with Crippen LogP contribution >= 0.6 is 0 Å². The molecule has 1 spiro atoms. The predicted octanol–water partition coefficient (Wildman–Crippen LogP) is 9.56. The van der Waals surface area contributed by atoms with Gasteiger partial charge in [-0.25, -0.2) is 0 Å². The fourth-order valence-corrected chi connectivity index (χ4v) is 7.06. The van der Waals surface area contributed by atoms with Gasteiger partial charge in [0.25, 0.3) is 0 Å². The van der Waals surface area contributed by atoms with Crippen LogP contribution in [0.1, 0.15) is 99.9 Å². The molecule has 0 saturated carbocycles. The topological polar surface area (TPSA) is 0 Å². The van der Waals surface area contributed by atoms with Crippen molar-refractivity contribution in [3.63, 3.8) is 0 Å². The van der Waals surface area contributed by atoms with E-state index in [0.29, 0.717) is 0 Å². The van der Waals surface area contributed by atoms with Gasteiger partial charge in [0.15, 0.2) is 0 Å². The zero-order valence-electron chi connectivity index (χ0n) is 23.1. The highest BCUT2D eigenvalue weighted by Gasteiger charge is 2.55. The van der Waals surface area contributed by atoms with E-state index in [9.17, 15) is 0 Å². The summed E-state index contributed by atoms with van der Waals surface area (Å²) in [5.74, 6) is 0. The van der Waals surface area contributed by atoms with E-state index < -0.39 is 0 Å². The van der Waals surface area contributed by atoms with E-state index in [4.69, 9.17) is 0 Å². The maximum absolute atomic E-state index is 2.55. The Morgan fingerprint density at radius 1 is 0.639 bits per heavy atom. The average molecular weight is 471 g/mol. The van der Waals surface area contributed by atoms with E-state index in [-0.39, 0.29) is 16.2 Å². The summed E-state index contributed by atoms with van der Waals surface area (Å²) < 4.78 is 0. The number of fused-ring (bicyclic) bond motifs is 5. The van der Waals surface area contributed by atoms with Gasteiger partial charge in [-0.1, -0.05) is 128 Å². The van der Waals surface area contributed by atoms with Crippen LogP contribution in [0.4, 0.5) is 0 Å². The minimum atomic E-state index is -0.225. The number of rotatable bonds is 1. The van der Waals surface area contributed by atoms with Gasteiger partial charge in [0.2, 0.25) is 0 Å². The standard InChI is InChI=1S/C34H32.C2H6/c1-7-20-12-14-25-26-17-22(32(2,3)4)19-30-31(26)34(28(25)16-20)27-11-9-8-10-23(27)24-15-13-21(18-29(24)34)33(30,5)6;1-2/h8-19H,7H2,1-6H3;1-2H3. The molecule has 0 fully saturated rings. The van der Waals surface area contributed by atoms with Crippen LogP contribution in [-0.2, 0) is 22.7 Å². The van der Waals surface area contributed by atoms with Gasteiger partial charge in [0, 0.05) is 5.41 Å². The van der Waals surface area contributed by atoms with Gasteiger partial charge in [0.05, 0.1) is 5.41 Å². The molecule has 4 aromatic rings. The molecular formula is C36H38. The van der Waals surface area contributed by atoms with Crippen LogP contribution < -0.4 is 0 Å². The zero-order chi connectivity index (χ0) is 25.6. The van der Waals surface area contributed by atoms with Crippen molar-refractivity contribution >= 4 is 0 Å². The molecule has 0 aliphatic heterocycles. The summed E-state index contributed by atoms with van der Waals surface area (Å²) in [5, 5.41) is 0. The van der Waals surface area contributed by atoms with Gasteiger partial charge >= 0.3 is 0 Å². The Morgan fingerprint density at radius 2 is 1.28 bits per heavy atom. The van der Waals surface area contributed by atoms with Crippen molar-refractivity contribution in [1.82, 2.24) is 0 Å². The lowest BCUT2D eigenvalue weighted by atomic mass is 9.67. The second-order valence-electron chi connectivity index (χ2n) is 12.1. The lowest BCUT2D eigenvalue weighted by Gasteiger charge is -2.35. The predicted molar refractivity (Wildman–Crippen MR) is 154 cm³/mol. The molecule has 36 heavy (non-hydrogen) atoms. The molecule has 0 N–H and O–H groups in total. The summed E-state index contributed by atoms with van der Waals surface area (Å²) in [7, 11) is 0. The Balaban J connectivity index is 0.00000117. The molecule has 1 unspecified atom stereocenters. The van der Waals surface area contributed by atoms with E-state index in [1.165, 1.54) is 66.8 Å². The van der Waals surface area contributed by atoms with Crippen LogP contribution in [0.3, 0.4) is 0 Å². The summed E-state index contributed by atoms with van der Waals surface area (Å²) in [5.41, 5.74) is 17.2. The summed E-state index contributed by atoms with van der Waals surface area (Å²) >= 11 is 0. The zero-order valence-corrected chi connectivity index (χ0v) is 23.1. The normalized spacial score (nSPS) is 19.0. The van der Waals surface area contributed by atoms with Crippen LogP contribution in [0.5, 0.6) is 0 Å². The molecular weight excluding hydrogens is 432 g/mol. The fourth-order valence-electron chi connectivity index (χ4n) is 7.06. The van der Waals surface area contributed by atoms with Crippen LogP contribution in [0.15, 0.2) is 72.8 Å². The Labute approximate surface area is 217 Å². The van der Waals surface area contributed by atoms with Gasteiger partial charge in [-0.15, -0.1) is 0 Å². The maximum atomic E-state index is 2.55. The molecule has 182 valence electrons. The quantitative estimate of drug-likeness (QED) is 0.224. The number of benzene rings is 4. The first-order valence-electron chi connectivity index (χ1n) is 13.8. The highest BCUT2D eigenvalue weighted by atomic mass is 14.6. The summed E-state index contributed by atoms with van der Waals surface area (Å²) in [4.78, 5) is 0. The molecule has 0 nitrogen and oxygen atoms in total. The molecule has 3 aliphatic carbocycles. The van der Waals surface area contributed by atoms with Crippen molar-refractivity contribution in [2.24, 2.45) is 0 Å². The third-order valence-corrected chi connectivity index (χ3v) is 9.01. The van der Waals surface area contributed by atoms with Crippen molar-refractivity contribution < 1.29 is 0 Å².